The maximum atomic E-state index is 12.1. The van der Waals surface area contributed by atoms with Gasteiger partial charge in [-0.25, -0.2) is 0 Å². The fourth-order valence-electron chi connectivity index (χ4n) is 2.24. The summed E-state index contributed by atoms with van der Waals surface area (Å²) >= 11 is 0. The zero-order chi connectivity index (χ0) is 13.9. The summed E-state index contributed by atoms with van der Waals surface area (Å²) in [6, 6.07) is 15.0. The Morgan fingerprint density at radius 3 is 2.75 bits per heavy atom. The van der Waals surface area contributed by atoms with E-state index in [2.05, 4.69) is 10.6 Å². The largest absolute Gasteiger partial charge is 0.348 e. The van der Waals surface area contributed by atoms with Gasteiger partial charge in [-0.3, -0.25) is 9.59 Å². The second-order valence-corrected chi connectivity index (χ2v) is 4.77. The molecule has 2 aromatic carbocycles. The highest BCUT2D eigenvalue weighted by molar-refractivity contribution is 6.02. The number of rotatable bonds is 3. The van der Waals surface area contributed by atoms with E-state index in [0.717, 1.165) is 16.8 Å². The number of benzene rings is 2. The van der Waals surface area contributed by atoms with E-state index in [1.165, 1.54) is 0 Å². The molecule has 2 aromatic rings. The molecule has 0 atom stereocenters. The summed E-state index contributed by atoms with van der Waals surface area (Å²) < 4.78 is 0. The van der Waals surface area contributed by atoms with Gasteiger partial charge < -0.3 is 10.6 Å². The molecule has 4 heteroatoms. The standard InChI is InChI=1S/C16H14N2O2/c19-15-9-12-6-7-13(8-14(12)18-15)16(20)17-10-11-4-2-1-3-5-11/h1-8H,9-10H2,(H,17,20)(H,18,19). The predicted octanol–water partition coefficient (Wildman–Crippen LogP) is 2.11. The first-order valence-corrected chi connectivity index (χ1v) is 6.47. The van der Waals surface area contributed by atoms with Gasteiger partial charge in [0.05, 0.1) is 6.42 Å². The minimum absolute atomic E-state index is 0.0261. The minimum Gasteiger partial charge on any atom is -0.348 e. The quantitative estimate of drug-likeness (QED) is 0.894. The predicted molar refractivity (Wildman–Crippen MR) is 76.4 cm³/mol. The molecule has 20 heavy (non-hydrogen) atoms. The first-order valence-electron chi connectivity index (χ1n) is 6.47. The van der Waals surface area contributed by atoms with E-state index >= 15 is 0 Å². The van der Waals surface area contributed by atoms with Gasteiger partial charge in [0.2, 0.25) is 5.91 Å². The van der Waals surface area contributed by atoms with Crippen LogP contribution in [-0.4, -0.2) is 11.8 Å². The van der Waals surface area contributed by atoms with Crippen molar-refractivity contribution in [3.8, 4) is 0 Å². The Morgan fingerprint density at radius 2 is 1.95 bits per heavy atom. The van der Waals surface area contributed by atoms with Crippen LogP contribution in [0, 0.1) is 0 Å². The first kappa shape index (κ1) is 12.4. The van der Waals surface area contributed by atoms with Gasteiger partial charge in [-0.1, -0.05) is 36.4 Å². The topological polar surface area (TPSA) is 58.2 Å². The van der Waals surface area contributed by atoms with Crippen LogP contribution in [0.4, 0.5) is 5.69 Å². The van der Waals surface area contributed by atoms with Gasteiger partial charge in [-0.15, -0.1) is 0 Å². The van der Waals surface area contributed by atoms with Crippen LogP contribution in [0.3, 0.4) is 0 Å². The van der Waals surface area contributed by atoms with Crippen molar-refractivity contribution in [1.82, 2.24) is 5.32 Å². The summed E-state index contributed by atoms with van der Waals surface area (Å²) in [5.74, 6) is -0.167. The summed E-state index contributed by atoms with van der Waals surface area (Å²) in [5, 5.41) is 5.61. The molecule has 1 aliphatic heterocycles. The van der Waals surface area contributed by atoms with Crippen LogP contribution in [0.1, 0.15) is 21.5 Å². The van der Waals surface area contributed by atoms with Crippen LogP contribution in [0.25, 0.3) is 0 Å². The number of fused-ring (bicyclic) bond motifs is 1. The molecule has 0 spiro atoms. The summed E-state index contributed by atoms with van der Waals surface area (Å²) in [4.78, 5) is 23.4. The molecular formula is C16H14N2O2. The third-order valence-electron chi connectivity index (χ3n) is 3.29. The van der Waals surface area contributed by atoms with E-state index in [-0.39, 0.29) is 11.8 Å². The minimum atomic E-state index is -0.141. The van der Waals surface area contributed by atoms with Crippen molar-refractivity contribution >= 4 is 17.5 Å². The zero-order valence-electron chi connectivity index (χ0n) is 10.8. The van der Waals surface area contributed by atoms with Crippen molar-refractivity contribution in [2.45, 2.75) is 13.0 Å². The Hall–Kier alpha value is -2.62. The average Bonchev–Trinajstić information content (AvgIpc) is 2.85. The maximum absolute atomic E-state index is 12.1. The molecule has 2 N–H and O–H groups in total. The molecule has 2 amide bonds. The fourth-order valence-corrected chi connectivity index (χ4v) is 2.24. The van der Waals surface area contributed by atoms with Gasteiger partial charge in [-0.05, 0) is 23.3 Å². The molecule has 1 heterocycles. The van der Waals surface area contributed by atoms with Crippen molar-refractivity contribution in [1.29, 1.82) is 0 Å². The SMILES string of the molecule is O=C1Cc2ccc(C(=O)NCc3ccccc3)cc2N1. The molecule has 1 aliphatic rings. The number of hydrogen-bond acceptors (Lipinski definition) is 2. The number of anilines is 1. The van der Waals surface area contributed by atoms with Crippen molar-refractivity contribution in [3.05, 3.63) is 65.2 Å². The number of hydrogen-bond donors (Lipinski definition) is 2. The van der Waals surface area contributed by atoms with Crippen molar-refractivity contribution < 1.29 is 9.59 Å². The molecule has 3 rings (SSSR count). The van der Waals surface area contributed by atoms with Crippen LogP contribution >= 0.6 is 0 Å². The fraction of sp³-hybridized carbons (Fsp3) is 0.125. The van der Waals surface area contributed by atoms with Gasteiger partial charge in [0.25, 0.3) is 5.91 Å². The number of nitrogens with one attached hydrogen (secondary N) is 2. The molecule has 0 saturated heterocycles. The smallest absolute Gasteiger partial charge is 0.251 e. The first-order chi connectivity index (χ1) is 9.72. The van der Waals surface area contributed by atoms with E-state index in [4.69, 9.17) is 0 Å². The Morgan fingerprint density at radius 1 is 1.15 bits per heavy atom. The van der Waals surface area contributed by atoms with E-state index < -0.39 is 0 Å². The normalized spacial score (nSPS) is 12.7. The highest BCUT2D eigenvalue weighted by atomic mass is 16.2. The lowest BCUT2D eigenvalue weighted by molar-refractivity contribution is -0.115. The van der Waals surface area contributed by atoms with Crippen LogP contribution < -0.4 is 10.6 Å². The second kappa shape index (κ2) is 5.17. The molecular weight excluding hydrogens is 252 g/mol. The van der Waals surface area contributed by atoms with Crippen LogP contribution in [0.5, 0.6) is 0 Å². The van der Waals surface area contributed by atoms with Crippen molar-refractivity contribution in [2.24, 2.45) is 0 Å². The molecule has 100 valence electrons. The van der Waals surface area contributed by atoms with E-state index in [0.29, 0.717) is 18.5 Å². The van der Waals surface area contributed by atoms with Gasteiger partial charge in [0.15, 0.2) is 0 Å². The molecule has 0 fully saturated rings. The van der Waals surface area contributed by atoms with Crippen molar-refractivity contribution in [3.63, 3.8) is 0 Å². The van der Waals surface area contributed by atoms with Crippen molar-refractivity contribution in [2.75, 3.05) is 5.32 Å². The monoisotopic (exact) mass is 266 g/mol. The second-order valence-electron chi connectivity index (χ2n) is 4.77. The van der Waals surface area contributed by atoms with E-state index in [9.17, 15) is 9.59 Å². The molecule has 0 bridgehead atoms. The molecule has 0 aromatic heterocycles. The summed E-state index contributed by atoms with van der Waals surface area (Å²) in [5.41, 5.74) is 3.29. The molecule has 4 nitrogen and oxygen atoms in total. The summed E-state index contributed by atoms with van der Waals surface area (Å²) in [7, 11) is 0. The lowest BCUT2D eigenvalue weighted by atomic mass is 10.1. The maximum Gasteiger partial charge on any atom is 0.251 e. The van der Waals surface area contributed by atoms with Crippen LogP contribution in [0.2, 0.25) is 0 Å². The Labute approximate surface area is 116 Å². The third kappa shape index (κ3) is 2.54. The van der Waals surface area contributed by atoms with Gasteiger partial charge in [-0.2, -0.15) is 0 Å². The van der Waals surface area contributed by atoms with Gasteiger partial charge in [0, 0.05) is 17.8 Å². The van der Waals surface area contributed by atoms with Crippen LogP contribution in [0.15, 0.2) is 48.5 Å². The number of amides is 2. The van der Waals surface area contributed by atoms with Gasteiger partial charge >= 0.3 is 0 Å². The zero-order valence-corrected chi connectivity index (χ0v) is 10.8. The summed E-state index contributed by atoms with van der Waals surface area (Å²) in [6.45, 7) is 0.489. The molecule has 0 radical (unpaired) electrons. The Bertz CT molecular complexity index is 665. The lowest BCUT2D eigenvalue weighted by Crippen LogP contribution is -2.22. The molecule has 0 saturated carbocycles. The lowest BCUT2D eigenvalue weighted by Gasteiger charge is -2.07. The van der Waals surface area contributed by atoms with Gasteiger partial charge in [0.1, 0.15) is 0 Å². The molecule has 0 unspecified atom stereocenters. The summed E-state index contributed by atoms with van der Waals surface area (Å²) in [6.07, 6.45) is 0.390. The Kier molecular flexibility index (Phi) is 3.21. The highest BCUT2D eigenvalue weighted by Crippen LogP contribution is 2.23. The number of carbonyl (C=O) groups is 2. The van der Waals surface area contributed by atoms with Crippen LogP contribution in [-0.2, 0) is 17.8 Å². The van der Waals surface area contributed by atoms with E-state index in [1.54, 1.807) is 12.1 Å². The molecule has 0 aliphatic carbocycles. The van der Waals surface area contributed by atoms with E-state index in [1.807, 2.05) is 36.4 Å². The number of carbonyl (C=O) groups excluding carboxylic acids is 2. The highest BCUT2D eigenvalue weighted by Gasteiger charge is 2.18. The average molecular weight is 266 g/mol. The Balaban J connectivity index is 1.69. The third-order valence-corrected chi connectivity index (χ3v) is 3.29.